The molecule has 5 rings (SSSR count). The zero-order valence-electron chi connectivity index (χ0n) is 26.5. The van der Waals surface area contributed by atoms with Gasteiger partial charge in [0.2, 0.25) is 11.8 Å². The molecule has 0 unspecified atom stereocenters. The summed E-state index contributed by atoms with van der Waals surface area (Å²) in [5.74, 6) is -2.95. The smallest absolute Gasteiger partial charge is 0.408 e. The number of methoxy groups -OCH3 is 1. The van der Waals surface area contributed by atoms with E-state index in [-0.39, 0.29) is 48.4 Å². The van der Waals surface area contributed by atoms with Crippen molar-refractivity contribution in [2.24, 2.45) is 0 Å². The van der Waals surface area contributed by atoms with Crippen LogP contribution in [0.4, 0.5) is 4.79 Å². The number of phenols is 2. The third-order valence-electron chi connectivity index (χ3n) is 7.24. The lowest BCUT2D eigenvalue weighted by molar-refractivity contribution is -0.152. The second-order valence-corrected chi connectivity index (χ2v) is 15.6. The van der Waals surface area contributed by atoms with Crippen molar-refractivity contribution in [3.63, 3.8) is 0 Å². The number of phenolic OH excluding ortho intramolecular Hbond substituents is 2. The molecule has 3 aromatic carbocycles. The minimum atomic E-state index is -1.57. The van der Waals surface area contributed by atoms with Crippen molar-refractivity contribution in [3.05, 3.63) is 75.6 Å². The van der Waals surface area contributed by atoms with Gasteiger partial charge in [0.05, 0.1) is 25.2 Å². The topological polar surface area (TPSA) is 164 Å². The van der Waals surface area contributed by atoms with Crippen LogP contribution in [0.5, 0.6) is 23.0 Å². The average Bonchev–Trinajstić information content (AvgIpc) is 3.01. The fourth-order valence-electron chi connectivity index (χ4n) is 4.83. The number of amides is 3. The Bertz CT molecular complexity index is 1820. The molecule has 2 aliphatic rings. The van der Waals surface area contributed by atoms with Gasteiger partial charge < -0.3 is 40.0 Å². The molecule has 3 amide bonds. The van der Waals surface area contributed by atoms with Crippen molar-refractivity contribution < 1.29 is 43.6 Å². The SMILES string of the molecule is COC(=O)[C@@H]1Cc2cc(Br)c(cc2Br)Oc2cc(cc(I)c2O)[C@@H](NC(=O)OC(C)(C)C)C(=O)N[C@H](c2cc(Cl)c(O)c(Cl)c2)C(=O)N1C. The number of nitrogens with zero attached hydrogens (tertiary/aromatic N) is 1. The summed E-state index contributed by atoms with van der Waals surface area (Å²) in [6.07, 6.45) is -1.01. The highest BCUT2D eigenvalue weighted by Gasteiger charge is 2.37. The summed E-state index contributed by atoms with van der Waals surface area (Å²) in [4.78, 5) is 56.0. The molecule has 17 heteroatoms. The highest BCUT2D eigenvalue weighted by molar-refractivity contribution is 14.1. The molecule has 3 aromatic rings. The Labute approximate surface area is 322 Å². The third kappa shape index (κ3) is 9.03. The number of hydrogen-bond donors (Lipinski definition) is 4. The lowest BCUT2D eigenvalue weighted by Gasteiger charge is -2.32. The molecule has 2 heterocycles. The van der Waals surface area contributed by atoms with Crippen molar-refractivity contribution in [3.8, 4) is 23.0 Å². The molecule has 0 saturated heterocycles. The summed E-state index contributed by atoms with van der Waals surface area (Å²) in [7, 11) is 2.54. The number of alkyl carbamates (subject to hydrolysis) is 1. The number of hydrogen-bond acceptors (Lipinski definition) is 9. The number of ether oxygens (including phenoxy) is 3. The number of fused-ring (bicyclic) bond motifs is 9. The van der Waals surface area contributed by atoms with E-state index in [0.29, 0.717) is 14.5 Å². The van der Waals surface area contributed by atoms with Gasteiger partial charge in [-0.2, -0.15) is 0 Å². The van der Waals surface area contributed by atoms with Crippen molar-refractivity contribution in [1.29, 1.82) is 0 Å². The van der Waals surface area contributed by atoms with Crippen LogP contribution in [0.1, 0.15) is 49.5 Å². The van der Waals surface area contributed by atoms with Crippen LogP contribution in [-0.4, -0.2) is 64.8 Å². The summed E-state index contributed by atoms with van der Waals surface area (Å²) in [6, 6.07) is 4.26. The van der Waals surface area contributed by atoms with Crippen LogP contribution >= 0.6 is 77.7 Å². The number of benzene rings is 3. The fourth-order valence-corrected chi connectivity index (χ4v) is 6.92. The Kier molecular flexibility index (Phi) is 12.3. The second-order valence-electron chi connectivity index (χ2n) is 11.9. The van der Waals surface area contributed by atoms with Gasteiger partial charge in [-0.15, -0.1) is 0 Å². The zero-order valence-corrected chi connectivity index (χ0v) is 33.3. The normalized spacial score (nSPS) is 18.4. The van der Waals surface area contributed by atoms with E-state index >= 15 is 0 Å². The third-order valence-corrected chi connectivity index (χ3v) is 9.99. The van der Waals surface area contributed by atoms with E-state index in [4.69, 9.17) is 37.4 Å². The summed E-state index contributed by atoms with van der Waals surface area (Å²) >= 11 is 21.3. The molecule has 2 aliphatic heterocycles. The van der Waals surface area contributed by atoms with Crippen LogP contribution in [0.25, 0.3) is 0 Å². The van der Waals surface area contributed by atoms with Gasteiger partial charge in [0.15, 0.2) is 17.2 Å². The maximum atomic E-state index is 14.4. The van der Waals surface area contributed by atoms with Crippen molar-refractivity contribution >= 4 is 102 Å². The van der Waals surface area contributed by atoms with Crippen LogP contribution in [-0.2, 0) is 30.3 Å². The molecule has 12 nitrogen and oxygen atoms in total. The number of rotatable bonds is 3. The average molecular weight is 958 g/mol. The number of halogens is 5. The minimum absolute atomic E-state index is 0.0480. The lowest BCUT2D eigenvalue weighted by Crippen LogP contribution is -2.51. The highest BCUT2D eigenvalue weighted by atomic mass is 127. The predicted molar refractivity (Wildman–Crippen MR) is 196 cm³/mol. The zero-order chi connectivity index (χ0) is 36.5. The van der Waals surface area contributed by atoms with Crippen LogP contribution in [0.2, 0.25) is 10.0 Å². The van der Waals surface area contributed by atoms with Gasteiger partial charge >= 0.3 is 12.1 Å². The van der Waals surface area contributed by atoms with Crippen LogP contribution in [0.15, 0.2) is 45.3 Å². The monoisotopic (exact) mass is 955 g/mol. The van der Waals surface area contributed by atoms with Gasteiger partial charge in [-0.05, 0) is 112 Å². The first kappa shape index (κ1) is 38.8. The molecule has 0 radical (unpaired) electrons. The molecular weight excluding hydrogens is 928 g/mol. The Morgan fingerprint density at radius 2 is 1.63 bits per heavy atom. The maximum Gasteiger partial charge on any atom is 0.408 e. The Balaban J connectivity index is 1.99. The Morgan fingerprint density at radius 3 is 2.22 bits per heavy atom. The molecular formula is C32H30Br2Cl2IN3O9. The molecule has 0 aliphatic carbocycles. The van der Waals surface area contributed by atoms with E-state index in [1.807, 2.05) is 22.6 Å². The maximum absolute atomic E-state index is 14.4. The molecule has 4 N–H and O–H groups in total. The van der Waals surface area contributed by atoms with Gasteiger partial charge in [0.25, 0.3) is 0 Å². The standard InChI is InChI=1S/C32H30Br2Cl2IN3O9/c1-32(2,3)49-31(46)39-24-15-9-20(37)27(42)23(11-15)48-22-12-16(33)13(6-17(22)34)10-21(30(45)47-5)40(4)29(44)25(38-28(24)43)14-7-18(35)26(41)19(36)8-14/h6-9,11-12,21,24-25,41-42H,10H2,1-5H3,(H,38,43)(H,39,46)/t21-,24+,25+/m0/s1. The second kappa shape index (κ2) is 15.5. The van der Waals surface area contributed by atoms with Crippen LogP contribution in [0, 0.1) is 3.57 Å². The Hall–Kier alpha value is -2.99. The Morgan fingerprint density at radius 1 is 1.00 bits per heavy atom. The highest BCUT2D eigenvalue weighted by Crippen LogP contribution is 2.42. The molecule has 4 bridgehead atoms. The molecule has 3 atom stereocenters. The summed E-state index contributed by atoms with van der Waals surface area (Å²) in [6.45, 7) is 4.93. The summed E-state index contributed by atoms with van der Waals surface area (Å²) in [5.41, 5.74) is -0.164. The van der Waals surface area contributed by atoms with E-state index in [1.165, 1.54) is 38.4 Å². The van der Waals surface area contributed by atoms with Gasteiger partial charge in [-0.25, -0.2) is 9.59 Å². The van der Waals surface area contributed by atoms with E-state index in [1.54, 1.807) is 32.9 Å². The van der Waals surface area contributed by atoms with E-state index in [2.05, 4.69) is 42.5 Å². The molecule has 0 saturated carbocycles. The van der Waals surface area contributed by atoms with Crippen LogP contribution < -0.4 is 15.4 Å². The van der Waals surface area contributed by atoms with Gasteiger partial charge in [-0.3, -0.25) is 9.59 Å². The number of likely N-dealkylation sites (N-methyl/N-ethyl adjacent to an activating group) is 1. The molecule has 0 spiro atoms. The first-order valence-corrected chi connectivity index (χ1v) is 17.7. The van der Waals surface area contributed by atoms with Gasteiger partial charge in [-0.1, -0.05) is 39.1 Å². The quantitative estimate of drug-likeness (QED) is 0.156. The molecule has 0 aromatic heterocycles. The predicted octanol–water partition coefficient (Wildman–Crippen LogP) is 7.31. The van der Waals surface area contributed by atoms with Gasteiger partial charge in [0.1, 0.15) is 29.5 Å². The van der Waals surface area contributed by atoms with Gasteiger partial charge in [0, 0.05) is 17.9 Å². The molecule has 0 fully saturated rings. The van der Waals surface area contributed by atoms with Crippen molar-refractivity contribution in [2.45, 2.75) is 50.9 Å². The van der Waals surface area contributed by atoms with E-state index in [9.17, 15) is 29.4 Å². The first-order chi connectivity index (χ1) is 22.8. The van der Waals surface area contributed by atoms with E-state index < -0.39 is 53.4 Å². The number of carbonyl (C=O) groups excluding carboxylic acids is 4. The molecule has 49 heavy (non-hydrogen) atoms. The number of aromatic hydroxyl groups is 2. The van der Waals surface area contributed by atoms with Crippen molar-refractivity contribution in [2.75, 3.05) is 14.2 Å². The van der Waals surface area contributed by atoms with Crippen LogP contribution in [0.3, 0.4) is 0 Å². The first-order valence-electron chi connectivity index (χ1n) is 14.3. The fraction of sp³-hybridized carbons (Fsp3) is 0.312. The largest absolute Gasteiger partial charge is 0.505 e. The number of nitrogens with one attached hydrogen (secondary N) is 2. The van der Waals surface area contributed by atoms with E-state index in [0.717, 1.165) is 4.90 Å². The summed E-state index contributed by atoms with van der Waals surface area (Å²) in [5, 5.41) is 26.0. The number of carbonyl (C=O) groups is 4. The minimum Gasteiger partial charge on any atom is -0.505 e. The molecule has 262 valence electrons. The number of esters is 1. The summed E-state index contributed by atoms with van der Waals surface area (Å²) < 4.78 is 17.8. The van der Waals surface area contributed by atoms with Crippen molar-refractivity contribution in [1.82, 2.24) is 15.5 Å². The lowest BCUT2D eigenvalue weighted by atomic mass is 9.99.